The Kier molecular flexibility index (Phi) is 4.78. The predicted octanol–water partition coefficient (Wildman–Crippen LogP) is 3.91. The second-order valence-electron chi connectivity index (χ2n) is 5.11. The molecule has 0 radical (unpaired) electrons. The molecule has 1 amide bonds. The van der Waals surface area contributed by atoms with Gasteiger partial charge in [-0.25, -0.2) is 0 Å². The van der Waals surface area contributed by atoms with Crippen molar-refractivity contribution in [1.82, 2.24) is 0 Å². The highest BCUT2D eigenvalue weighted by Crippen LogP contribution is 2.39. The molecule has 0 saturated carbocycles. The molecule has 0 aromatic heterocycles. The average Bonchev–Trinajstić information content (AvgIpc) is 2.89. The molecule has 130 valence electrons. The highest BCUT2D eigenvalue weighted by Gasteiger charge is 2.36. The van der Waals surface area contributed by atoms with Gasteiger partial charge in [0, 0.05) is 18.2 Å². The molecule has 1 heterocycles. The predicted molar refractivity (Wildman–Crippen MR) is 102 cm³/mol. The van der Waals surface area contributed by atoms with Crippen LogP contribution in [0.3, 0.4) is 0 Å². The first-order valence-electron chi connectivity index (χ1n) is 7.14. The van der Waals surface area contributed by atoms with Gasteiger partial charge in [0.1, 0.15) is 5.69 Å². The highest BCUT2D eigenvalue weighted by molar-refractivity contribution is 8.27. The zero-order valence-electron chi connectivity index (χ0n) is 12.9. The van der Waals surface area contributed by atoms with E-state index >= 15 is 0 Å². The number of nitrogens with zero attached hydrogens (tertiary/aromatic N) is 3. The standard InChI is InChI=1S/C16H9N3O5S2/c20-15-14(9-10-5-7-11(8-6-10)18(21)22)26-16(25)17(15)12-3-1-2-4-13(12)19(23)24/h1-9H/b14-9-. The maximum atomic E-state index is 12.7. The van der Waals surface area contributed by atoms with Crippen LogP contribution >= 0.6 is 24.0 Å². The van der Waals surface area contributed by atoms with Gasteiger partial charge in [0.15, 0.2) is 4.32 Å². The third-order valence-corrected chi connectivity index (χ3v) is 4.82. The van der Waals surface area contributed by atoms with Gasteiger partial charge in [0.05, 0.1) is 14.8 Å². The number of thioether (sulfide) groups is 1. The largest absolute Gasteiger partial charge is 0.293 e. The van der Waals surface area contributed by atoms with Gasteiger partial charge in [0.2, 0.25) is 0 Å². The number of carbonyl (C=O) groups excluding carboxylic acids is 1. The molecule has 0 atom stereocenters. The molecule has 26 heavy (non-hydrogen) atoms. The second kappa shape index (κ2) is 7.02. The van der Waals surface area contributed by atoms with Gasteiger partial charge in [-0.05, 0) is 29.8 Å². The van der Waals surface area contributed by atoms with Gasteiger partial charge in [-0.15, -0.1) is 0 Å². The summed E-state index contributed by atoms with van der Waals surface area (Å²) in [6.07, 6.45) is 1.54. The van der Waals surface area contributed by atoms with Crippen molar-refractivity contribution in [2.75, 3.05) is 4.90 Å². The minimum absolute atomic E-state index is 0.0605. The molecule has 2 aromatic rings. The van der Waals surface area contributed by atoms with Crippen LogP contribution in [0.25, 0.3) is 6.08 Å². The van der Waals surface area contributed by atoms with Crippen molar-refractivity contribution in [3.8, 4) is 0 Å². The van der Waals surface area contributed by atoms with Crippen molar-refractivity contribution >= 4 is 57.3 Å². The third-order valence-electron chi connectivity index (χ3n) is 3.51. The fourth-order valence-electron chi connectivity index (χ4n) is 2.33. The lowest BCUT2D eigenvalue weighted by molar-refractivity contribution is -0.384. The zero-order chi connectivity index (χ0) is 18.8. The van der Waals surface area contributed by atoms with Gasteiger partial charge in [-0.2, -0.15) is 0 Å². The lowest BCUT2D eigenvalue weighted by atomic mass is 10.2. The number of benzene rings is 2. The number of rotatable bonds is 4. The minimum Gasteiger partial charge on any atom is -0.268 e. The molecule has 8 nitrogen and oxygen atoms in total. The van der Waals surface area contributed by atoms with E-state index in [-0.39, 0.29) is 26.3 Å². The molecule has 2 aromatic carbocycles. The topological polar surface area (TPSA) is 107 Å². The van der Waals surface area contributed by atoms with E-state index in [1.807, 2.05) is 0 Å². The number of nitro groups is 2. The summed E-state index contributed by atoms with van der Waals surface area (Å²) in [6, 6.07) is 11.5. The molecule has 0 spiro atoms. The van der Waals surface area contributed by atoms with E-state index in [0.717, 1.165) is 16.7 Å². The van der Waals surface area contributed by atoms with Crippen LogP contribution in [0.2, 0.25) is 0 Å². The van der Waals surface area contributed by atoms with Crippen LogP contribution in [-0.4, -0.2) is 20.1 Å². The smallest absolute Gasteiger partial charge is 0.268 e. The molecule has 1 saturated heterocycles. The highest BCUT2D eigenvalue weighted by atomic mass is 32.2. The molecule has 10 heteroatoms. The van der Waals surface area contributed by atoms with Crippen LogP contribution in [0.15, 0.2) is 53.4 Å². The first kappa shape index (κ1) is 17.7. The van der Waals surface area contributed by atoms with E-state index in [4.69, 9.17) is 12.2 Å². The summed E-state index contributed by atoms with van der Waals surface area (Å²) in [6.45, 7) is 0. The fourth-order valence-corrected chi connectivity index (χ4v) is 3.61. The van der Waals surface area contributed by atoms with Crippen molar-refractivity contribution in [2.45, 2.75) is 0 Å². The monoisotopic (exact) mass is 387 g/mol. The van der Waals surface area contributed by atoms with E-state index in [0.29, 0.717) is 5.56 Å². The number of hydrogen-bond acceptors (Lipinski definition) is 7. The number of amides is 1. The third kappa shape index (κ3) is 3.32. The molecule has 1 aliphatic heterocycles. The maximum absolute atomic E-state index is 12.7. The van der Waals surface area contributed by atoms with Crippen LogP contribution in [0, 0.1) is 20.2 Å². The van der Waals surface area contributed by atoms with E-state index < -0.39 is 15.8 Å². The molecular weight excluding hydrogens is 378 g/mol. The van der Waals surface area contributed by atoms with E-state index in [2.05, 4.69) is 0 Å². The first-order valence-corrected chi connectivity index (χ1v) is 8.37. The van der Waals surface area contributed by atoms with E-state index in [1.165, 1.54) is 48.5 Å². The van der Waals surface area contributed by atoms with Gasteiger partial charge in [-0.1, -0.05) is 36.1 Å². The summed E-state index contributed by atoms with van der Waals surface area (Å²) in [5.41, 5.74) is 0.403. The number of anilines is 1. The SMILES string of the molecule is O=C1/C(=C/c2ccc([N+](=O)[O-])cc2)SC(=S)N1c1ccccc1[N+](=O)[O-]. The molecule has 0 unspecified atom stereocenters. The number of carbonyl (C=O) groups is 1. The van der Waals surface area contributed by atoms with Crippen molar-refractivity contribution in [1.29, 1.82) is 0 Å². The number of hydrogen-bond donors (Lipinski definition) is 0. The Balaban J connectivity index is 1.94. The number of para-hydroxylation sites is 2. The van der Waals surface area contributed by atoms with Gasteiger partial charge < -0.3 is 0 Å². The lowest BCUT2D eigenvalue weighted by Crippen LogP contribution is -2.28. The Morgan fingerprint density at radius 1 is 1.00 bits per heavy atom. The molecule has 3 rings (SSSR count). The second-order valence-corrected chi connectivity index (χ2v) is 6.79. The van der Waals surface area contributed by atoms with Gasteiger partial charge >= 0.3 is 0 Å². The fraction of sp³-hybridized carbons (Fsp3) is 0. The summed E-state index contributed by atoms with van der Waals surface area (Å²) >= 11 is 6.22. The molecule has 1 aliphatic rings. The quantitative estimate of drug-likeness (QED) is 0.339. The van der Waals surface area contributed by atoms with Gasteiger partial charge in [-0.3, -0.25) is 29.9 Å². The Morgan fingerprint density at radius 2 is 1.65 bits per heavy atom. The summed E-state index contributed by atoms with van der Waals surface area (Å²) in [4.78, 5) is 34.9. The van der Waals surface area contributed by atoms with Crippen LogP contribution in [0.5, 0.6) is 0 Å². The maximum Gasteiger partial charge on any atom is 0.293 e. The summed E-state index contributed by atoms with van der Waals surface area (Å²) < 4.78 is 0.178. The molecule has 0 bridgehead atoms. The van der Waals surface area contributed by atoms with E-state index in [1.54, 1.807) is 6.07 Å². The van der Waals surface area contributed by atoms with Crippen LogP contribution in [-0.2, 0) is 4.79 Å². The Morgan fingerprint density at radius 3 is 2.27 bits per heavy atom. The van der Waals surface area contributed by atoms with Crippen LogP contribution in [0.1, 0.15) is 5.56 Å². The van der Waals surface area contributed by atoms with Crippen molar-refractivity contribution in [2.24, 2.45) is 0 Å². The first-order chi connectivity index (χ1) is 12.4. The summed E-state index contributed by atoms with van der Waals surface area (Å²) in [7, 11) is 0. The van der Waals surface area contributed by atoms with Gasteiger partial charge in [0.25, 0.3) is 17.3 Å². The molecule has 0 N–H and O–H groups in total. The number of non-ortho nitro benzene ring substituents is 1. The average molecular weight is 387 g/mol. The van der Waals surface area contributed by atoms with Crippen molar-refractivity contribution in [3.63, 3.8) is 0 Å². The Hall–Kier alpha value is -3.11. The molecule has 1 fully saturated rings. The number of nitro benzene ring substituents is 2. The zero-order valence-corrected chi connectivity index (χ0v) is 14.5. The Labute approximate surface area is 156 Å². The van der Waals surface area contributed by atoms with Crippen LogP contribution < -0.4 is 4.90 Å². The van der Waals surface area contributed by atoms with Crippen molar-refractivity contribution < 1.29 is 14.6 Å². The Bertz CT molecular complexity index is 972. The number of thiocarbonyl (C=S) groups is 1. The summed E-state index contributed by atoms with van der Waals surface area (Å²) in [5.74, 6) is -0.479. The molecular formula is C16H9N3O5S2. The minimum atomic E-state index is -0.575. The normalized spacial score (nSPS) is 15.5. The van der Waals surface area contributed by atoms with Crippen molar-refractivity contribution in [3.05, 3.63) is 79.2 Å². The molecule has 0 aliphatic carbocycles. The summed E-state index contributed by atoms with van der Waals surface area (Å²) in [5, 5.41) is 21.9. The van der Waals surface area contributed by atoms with E-state index in [9.17, 15) is 25.0 Å². The van der Waals surface area contributed by atoms with Crippen LogP contribution in [0.4, 0.5) is 17.1 Å². The lowest BCUT2D eigenvalue weighted by Gasteiger charge is -2.14.